The van der Waals surface area contributed by atoms with Crippen molar-refractivity contribution in [3.05, 3.63) is 134 Å². The number of allylic oxidation sites excluding steroid dienone is 22. The third-order valence-corrected chi connectivity index (χ3v) is 10.7. The second kappa shape index (κ2) is 54.2. The lowest BCUT2D eigenvalue weighted by Crippen LogP contribution is -2.30. The zero-order valence-electron chi connectivity index (χ0n) is 42.9. The molecule has 0 radical (unpaired) electrons. The van der Waals surface area contributed by atoms with Crippen molar-refractivity contribution < 1.29 is 28.6 Å². The Hall–Kier alpha value is -4.45. The predicted octanol–water partition coefficient (Wildman–Crippen LogP) is 17.9. The SMILES string of the molecule is CC/C=C\C/C=C\C/C=C\CCCCCCC(=O)OCC(COC(=O)CCCCCCC\C=C/C=C\C=C/C=C\C=C/CCC)OC(=O)CCC/C=C\C/C=C\C/C=C\CCCCCCCC. The van der Waals surface area contributed by atoms with Crippen LogP contribution in [0.2, 0.25) is 0 Å². The smallest absolute Gasteiger partial charge is 0.306 e. The first kappa shape index (κ1) is 62.5. The van der Waals surface area contributed by atoms with Gasteiger partial charge in [-0.2, -0.15) is 0 Å². The topological polar surface area (TPSA) is 78.9 Å². The summed E-state index contributed by atoms with van der Waals surface area (Å²) >= 11 is 0. The molecule has 0 saturated heterocycles. The Labute approximate surface area is 411 Å². The van der Waals surface area contributed by atoms with Crippen LogP contribution in [0.4, 0.5) is 0 Å². The Morgan fingerprint density at radius 1 is 0.328 bits per heavy atom. The highest BCUT2D eigenvalue weighted by Gasteiger charge is 2.19. The standard InChI is InChI=1S/C61H96O6/c1-4-7-10-13-16-19-22-25-28-30-32-33-36-39-42-45-48-51-54-60(63)66-57-58(56-65-59(62)53-50-47-44-41-38-35-27-24-21-18-15-12-9-6-3)67-61(64)55-52-49-46-43-40-37-34-31-29-26-23-20-17-14-11-8-5-2/h9-10,12-13,16,18-19,21-22,25-30,32-35,37,43,46,58H,4-8,11,14-15,17,20,23-24,31,36,38-42,44-45,47-57H2,1-3H3/b12-9-,13-10-,19-16-,21-18-,25-22-,29-26-,30-28-,33-32-,35-27-,37-34-,46-43-. The van der Waals surface area contributed by atoms with E-state index in [9.17, 15) is 14.4 Å². The fourth-order valence-corrected chi connectivity index (χ4v) is 6.74. The van der Waals surface area contributed by atoms with Crippen molar-refractivity contribution in [3.8, 4) is 0 Å². The molecule has 0 aromatic rings. The van der Waals surface area contributed by atoms with Gasteiger partial charge in [0.05, 0.1) is 0 Å². The van der Waals surface area contributed by atoms with E-state index in [-0.39, 0.29) is 37.5 Å². The van der Waals surface area contributed by atoms with E-state index in [0.717, 1.165) is 116 Å². The molecule has 6 nitrogen and oxygen atoms in total. The molecule has 0 bridgehead atoms. The molecule has 0 rings (SSSR count). The number of esters is 3. The highest BCUT2D eigenvalue weighted by Crippen LogP contribution is 2.12. The molecule has 376 valence electrons. The van der Waals surface area contributed by atoms with Gasteiger partial charge in [0, 0.05) is 19.3 Å². The number of rotatable bonds is 46. The molecule has 0 aliphatic rings. The first-order valence-electron chi connectivity index (χ1n) is 26.8. The van der Waals surface area contributed by atoms with Gasteiger partial charge in [-0.1, -0.05) is 225 Å². The molecule has 6 heteroatoms. The fourth-order valence-electron chi connectivity index (χ4n) is 6.74. The Morgan fingerprint density at radius 2 is 0.687 bits per heavy atom. The van der Waals surface area contributed by atoms with Crippen LogP contribution in [0.5, 0.6) is 0 Å². The lowest BCUT2D eigenvalue weighted by atomic mass is 10.1. The zero-order chi connectivity index (χ0) is 48.6. The molecule has 1 unspecified atom stereocenters. The zero-order valence-corrected chi connectivity index (χ0v) is 42.9. The van der Waals surface area contributed by atoms with Gasteiger partial charge in [0.25, 0.3) is 0 Å². The maximum absolute atomic E-state index is 12.8. The van der Waals surface area contributed by atoms with Crippen molar-refractivity contribution in [1.29, 1.82) is 0 Å². The van der Waals surface area contributed by atoms with Gasteiger partial charge in [-0.25, -0.2) is 0 Å². The third kappa shape index (κ3) is 52.4. The van der Waals surface area contributed by atoms with Crippen molar-refractivity contribution in [2.45, 2.75) is 219 Å². The van der Waals surface area contributed by atoms with Gasteiger partial charge < -0.3 is 14.2 Å². The Kier molecular flexibility index (Phi) is 50.6. The summed E-state index contributed by atoms with van der Waals surface area (Å²) in [6.45, 7) is 6.33. The Balaban J connectivity index is 4.58. The van der Waals surface area contributed by atoms with Crippen molar-refractivity contribution >= 4 is 17.9 Å². The molecule has 0 aliphatic carbocycles. The van der Waals surface area contributed by atoms with Crippen molar-refractivity contribution in [2.24, 2.45) is 0 Å². The van der Waals surface area contributed by atoms with Crippen LogP contribution in [0.3, 0.4) is 0 Å². The lowest BCUT2D eigenvalue weighted by Gasteiger charge is -2.18. The van der Waals surface area contributed by atoms with E-state index in [4.69, 9.17) is 14.2 Å². The summed E-state index contributed by atoms with van der Waals surface area (Å²) in [4.78, 5) is 38.0. The Bertz CT molecular complexity index is 1480. The summed E-state index contributed by atoms with van der Waals surface area (Å²) in [6, 6.07) is 0. The van der Waals surface area contributed by atoms with Gasteiger partial charge in [-0.3, -0.25) is 14.4 Å². The molecule has 0 N–H and O–H groups in total. The first-order valence-corrected chi connectivity index (χ1v) is 26.8. The Morgan fingerprint density at radius 3 is 1.15 bits per heavy atom. The minimum Gasteiger partial charge on any atom is -0.462 e. The van der Waals surface area contributed by atoms with E-state index in [0.29, 0.717) is 19.3 Å². The monoisotopic (exact) mass is 925 g/mol. The van der Waals surface area contributed by atoms with Crippen LogP contribution in [0.15, 0.2) is 134 Å². The summed E-state index contributed by atoms with van der Waals surface area (Å²) in [6.07, 6.45) is 75.8. The third-order valence-electron chi connectivity index (χ3n) is 10.7. The molecule has 0 heterocycles. The fraction of sp³-hybridized carbons (Fsp3) is 0.590. The minimum atomic E-state index is -0.830. The van der Waals surface area contributed by atoms with Gasteiger partial charge >= 0.3 is 17.9 Å². The van der Waals surface area contributed by atoms with Crippen LogP contribution in [0.25, 0.3) is 0 Å². The maximum atomic E-state index is 12.8. The second-order valence-electron chi connectivity index (χ2n) is 17.2. The van der Waals surface area contributed by atoms with E-state index < -0.39 is 6.10 Å². The van der Waals surface area contributed by atoms with E-state index in [1.165, 1.54) is 51.4 Å². The molecular weight excluding hydrogens is 829 g/mol. The van der Waals surface area contributed by atoms with Gasteiger partial charge in [-0.15, -0.1) is 0 Å². The number of carbonyl (C=O) groups is 3. The minimum absolute atomic E-state index is 0.123. The molecule has 0 fully saturated rings. The molecule has 1 atom stereocenters. The number of hydrogen-bond acceptors (Lipinski definition) is 6. The van der Waals surface area contributed by atoms with Crippen LogP contribution in [-0.2, 0) is 28.6 Å². The van der Waals surface area contributed by atoms with Gasteiger partial charge in [0.15, 0.2) is 6.10 Å². The van der Waals surface area contributed by atoms with Crippen LogP contribution in [0, 0.1) is 0 Å². The van der Waals surface area contributed by atoms with Gasteiger partial charge in [0.1, 0.15) is 13.2 Å². The summed E-state index contributed by atoms with van der Waals surface area (Å²) in [5, 5.41) is 0. The number of unbranched alkanes of at least 4 members (excludes halogenated alkanes) is 17. The molecule has 0 aromatic carbocycles. The number of carbonyl (C=O) groups excluding carboxylic acids is 3. The normalized spacial score (nSPS) is 13.2. The van der Waals surface area contributed by atoms with Crippen LogP contribution >= 0.6 is 0 Å². The highest BCUT2D eigenvalue weighted by atomic mass is 16.6. The highest BCUT2D eigenvalue weighted by molar-refractivity contribution is 5.71. The molecule has 0 aromatic heterocycles. The van der Waals surface area contributed by atoms with Gasteiger partial charge in [0.2, 0.25) is 0 Å². The van der Waals surface area contributed by atoms with Crippen molar-refractivity contribution in [3.63, 3.8) is 0 Å². The van der Waals surface area contributed by atoms with Crippen LogP contribution in [0.1, 0.15) is 213 Å². The molecule has 0 spiro atoms. The largest absolute Gasteiger partial charge is 0.462 e. The van der Waals surface area contributed by atoms with E-state index in [2.05, 4.69) is 118 Å². The average Bonchev–Trinajstić information content (AvgIpc) is 3.33. The predicted molar refractivity (Wildman–Crippen MR) is 288 cm³/mol. The summed E-state index contributed by atoms with van der Waals surface area (Å²) in [5.74, 6) is -1.03. The van der Waals surface area contributed by atoms with Crippen molar-refractivity contribution in [2.75, 3.05) is 13.2 Å². The van der Waals surface area contributed by atoms with Crippen LogP contribution < -0.4 is 0 Å². The molecule has 0 aliphatic heterocycles. The van der Waals surface area contributed by atoms with E-state index in [1.807, 2.05) is 36.5 Å². The maximum Gasteiger partial charge on any atom is 0.306 e. The van der Waals surface area contributed by atoms with Crippen molar-refractivity contribution in [1.82, 2.24) is 0 Å². The van der Waals surface area contributed by atoms with E-state index in [1.54, 1.807) is 0 Å². The van der Waals surface area contributed by atoms with Crippen LogP contribution in [-0.4, -0.2) is 37.2 Å². The average molecular weight is 925 g/mol. The first-order chi connectivity index (χ1) is 33.0. The van der Waals surface area contributed by atoms with Gasteiger partial charge in [-0.05, 0) is 103 Å². The summed E-state index contributed by atoms with van der Waals surface area (Å²) < 4.78 is 16.7. The number of ether oxygens (including phenoxy) is 3. The summed E-state index contributed by atoms with van der Waals surface area (Å²) in [7, 11) is 0. The van der Waals surface area contributed by atoms with E-state index >= 15 is 0 Å². The molecular formula is C61H96O6. The quantitative estimate of drug-likeness (QED) is 0.0199. The summed E-state index contributed by atoms with van der Waals surface area (Å²) in [5.41, 5.74) is 0. The molecule has 0 amide bonds. The second-order valence-corrected chi connectivity index (χ2v) is 17.2. The number of hydrogen-bond donors (Lipinski definition) is 0. The molecule has 0 saturated carbocycles. The molecule has 67 heavy (non-hydrogen) atoms. The lowest BCUT2D eigenvalue weighted by molar-refractivity contribution is -0.167.